The van der Waals surface area contributed by atoms with Crippen molar-refractivity contribution >= 4 is 39.2 Å². The number of ether oxygens (including phenoxy) is 1. The molecule has 0 saturated heterocycles. The second-order valence-electron chi connectivity index (χ2n) is 4.02. The quantitative estimate of drug-likeness (QED) is 0.661. The van der Waals surface area contributed by atoms with E-state index in [1.54, 1.807) is 18.2 Å². The van der Waals surface area contributed by atoms with Crippen LogP contribution in [0.25, 0.3) is 0 Å². The lowest BCUT2D eigenvalue weighted by Crippen LogP contribution is -2.09. The Labute approximate surface area is 128 Å². The van der Waals surface area contributed by atoms with Crippen LogP contribution in [0, 0.1) is 5.82 Å². The van der Waals surface area contributed by atoms with Crippen molar-refractivity contribution in [2.75, 3.05) is 5.73 Å². The van der Waals surface area contributed by atoms with Crippen molar-refractivity contribution < 1.29 is 13.9 Å². The van der Waals surface area contributed by atoms with Gasteiger partial charge < -0.3 is 10.5 Å². The molecule has 0 atom stereocenters. The van der Waals surface area contributed by atoms with Crippen LogP contribution in [0.15, 0.2) is 40.9 Å². The van der Waals surface area contributed by atoms with Crippen LogP contribution >= 0.6 is 27.5 Å². The summed E-state index contributed by atoms with van der Waals surface area (Å²) in [7, 11) is 0. The smallest absolute Gasteiger partial charge is 0.342 e. The van der Waals surface area contributed by atoms with Gasteiger partial charge >= 0.3 is 5.97 Å². The fourth-order valence-electron chi connectivity index (χ4n) is 1.61. The van der Waals surface area contributed by atoms with Gasteiger partial charge in [0.05, 0.1) is 5.02 Å². The number of nitrogen functional groups attached to an aromatic ring is 1. The fourth-order valence-corrected chi connectivity index (χ4v) is 2.33. The topological polar surface area (TPSA) is 52.3 Å². The van der Waals surface area contributed by atoms with E-state index in [0.29, 0.717) is 10.0 Å². The van der Waals surface area contributed by atoms with E-state index in [2.05, 4.69) is 15.9 Å². The third-order valence-electron chi connectivity index (χ3n) is 2.62. The number of hydrogen-bond donors (Lipinski definition) is 1. The van der Waals surface area contributed by atoms with Crippen molar-refractivity contribution in [1.82, 2.24) is 0 Å². The normalized spacial score (nSPS) is 10.3. The largest absolute Gasteiger partial charge is 0.457 e. The lowest BCUT2D eigenvalue weighted by Gasteiger charge is -2.09. The molecule has 2 aromatic rings. The molecule has 0 amide bonds. The fraction of sp³-hybridized carbons (Fsp3) is 0.0714. The maximum Gasteiger partial charge on any atom is 0.342 e. The predicted octanol–water partition coefficient (Wildman–Crippen LogP) is 4.18. The maximum atomic E-state index is 12.9. The van der Waals surface area contributed by atoms with E-state index in [-0.39, 0.29) is 28.7 Å². The predicted molar refractivity (Wildman–Crippen MR) is 79.1 cm³/mol. The molecule has 0 heterocycles. The molecule has 6 heteroatoms. The zero-order chi connectivity index (χ0) is 14.7. The monoisotopic (exact) mass is 357 g/mol. The second kappa shape index (κ2) is 6.24. The van der Waals surface area contributed by atoms with Crippen molar-refractivity contribution in [2.45, 2.75) is 6.61 Å². The average molecular weight is 359 g/mol. The standard InChI is InChI=1S/C14H10BrClFNO2/c15-10-6-9(17)5-4-8(10)7-20-14(19)13-11(16)2-1-3-12(13)18/h1-6H,7,18H2. The van der Waals surface area contributed by atoms with E-state index in [1.165, 1.54) is 18.2 Å². The highest BCUT2D eigenvalue weighted by atomic mass is 79.9. The third kappa shape index (κ3) is 3.29. The Morgan fingerprint density at radius 2 is 2.10 bits per heavy atom. The summed E-state index contributed by atoms with van der Waals surface area (Å²) in [6.45, 7) is -0.00956. The molecule has 3 nitrogen and oxygen atoms in total. The molecule has 20 heavy (non-hydrogen) atoms. The third-order valence-corrected chi connectivity index (χ3v) is 3.68. The van der Waals surface area contributed by atoms with Gasteiger partial charge in [0.25, 0.3) is 0 Å². The second-order valence-corrected chi connectivity index (χ2v) is 5.28. The number of nitrogens with two attached hydrogens (primary N) is 1. The maximum absolute atomic E-state index is 12.9. The molecule has 0 aliphatic heterocycles. The Balaban J connectivity index is 2.13. The summed E-state index contributed by atoms with van der Waals surface area (Å²) in [5.41, 5.74) is 6.72. The van der Waals surface area contributed by atoms with Crippen LogP contribution in [0.3, 0.4) is 0 Å². The van der Waals surface area contributed by atoms with E-state index < -0.39 is 5.97 Å². The Bertz CT molecular complexity index is 643. The Morgan fingerprint density at radius 1 is 1.35 bits per heavy atom. The van der Waals surface area contributed by atoms with Crippen LogP contribution in [0.2, 0.25) is 5.02 Å². The Kier molecular flexibility index (Phi) is 4.62. The van der Waals surface area contributed by atoms with E-state index in [4.69, 9.17) is 22.1 Å². The van der Waals surface area contributed by atoms with Crippen LogP contribution in [-0.2, 0) is 11.3 Å². The van der Waals surface area contributed by atoms with Gasteiger partial charge in [0.15, 0.2) is 0 Å². The molecule has 0 aromatic heterocycles. The van der Waals surface area contributed by atoms with Gasteiger partial charge in [0.1, 0.15) is 18.0 Å². The molecule has 0 fully saturated rings. The minimum Gasteiger partial charge on any atom is -0.457 e. The van der Waals surface area contributed by atoms with Gasteiger partial charge in [-0.1, -0.05) is 39.7 Å². The molecule has 104 valence electrons. The molecule has 0 radical (unpaired) electrons. The average Bonchev–Trinajstić information content (AvgIpc) is 2.37. The van der Waals surface area contributed by atoms with E-state index in [1.807, 2.05) is 0 Å². The summed E-state index contributed by atoms with van der Waals surface area (Å²) >= 11 is 9.12. The number of carbonyl (C=O) groups excluding carboxylic acids is 1. The minimum atomic E-state index is -0.621. The van der Waals surface area contributed by atoms with Crippen molar-refractivity contribution in [3.05, 3.63) is 62.8 Å². The Morgan fingerprint density at radius 3 is 2.75 bits per heavy atom. The van der Waals surface area contributed by atoms with Gasteiger partial charge in [0, 0.05) is 15.7 Å². The first kappa shape index (κ1) is 14.8. The van der Waals surface area contributed by atoms with Gasteiger partial charge in [-0.15, -0.1) is 0 Å². The SMILES string of the molecule is Nc1cccc(Cl)c1C(=O)OCc1ccc(F)cc1Br. The Hall–Kier alpha value is -1.59. The summed E-state index contributed by atoms with van der Waals surface area (Å²) in [5.74, 6) is -0.994. The molecule has 0 aliphatic rings. The van der Waals surface area contributed by atoms with Gasteiger partial charge in [-0.25, -0.2) is 9.18 Å². The summed E-state index contributed by atoms with van der Waals surface area (Å²) < 4.78 is 18.6. The number of benzene rings is 2. The van der Waals surface area contributed by atoms with Crippen molar-refractivity contribution in [1.29, 1.82) is 0 Å². The van der Waals surface area contributed by atoms with Crippen LogP contribution in [0.5, 0.6) is 0 Å². The summed E-state index contributed by atoms with van der Waals surface area (Å²) in [6.07, 6.45) is 0. The first-order valence-electron chi connectivity index (χ1n) is 5.64. The van der Waals surface area contributed by atoms with Crippen molar-refractivity contribution in [3.8, 4) is 0 Å². The molecule has 2 N–H and O–H groups in total. The van der Waals surface area contributed by atoms with Gasteiger partial charge in [-0.05, 0) is 24.3 Å². The molecular formula is C14H10BrClFNO2. The number of carbonyl (C=O) groups is 1. The first-order chi connectivity index (χ1) is 9.49. The molecule has 2 rings (SSSR count). The molecule has 0 spiro atoms. The molecular weight excluding hydrogens is 349 g/mol. The number of esters is 1. The van der Waals surface area contributed by atoms with Gasteiger partial charge in [0.2, 0.25) is 0 Å². The lowest BCUT2D eigenvalue weighted by molar-refractivity contribution is 0.0473. The van der Waals surface area contributed by atoms with Crippen molar-refractivity contribution in [3.63, 3.8) is 0 Å². The zero-order valence-corrected chi connectivity index (χ0v) is 12.5. The van der Waals surface area contributed by atoms with E-state index in [0.717, 1.165) is 0 Å². The molecule has 0 saturated carbocycles. The van der Waals surface area contributed by atoms with Gasteiger partial charge in [-0.2, -0.15) is 0 Å². The summed E-state index contributed by atoms with van der Waals surface area (Å²) in [4.78, 5) is 12.0. The number of hydrogen-bond acceptors (Lipinski definition) is 3. The highest BCUT2D eigenvalue weighted by molar-refractivity contribution is 9.10. The highest BCUT2D eigenvalue weighted by Crippen LogP contribution is 2.24. The number of anilines is 1. The molecule has 2 aromatic carbocycles. The van der Waals surface area contributed by atoms with Crippen molar-refractivity contribution in [2.24, 2.45) is 0 Å². The molecule has 0 bridgehead atoms. The minimum absolute atomic E-state index is 0.00956. The molecule has 0 unspecified atom stereocenters. The lowest BCUT2D eigenvalue weighted by atomic mass is 10.2. The molecule has 0 aliphatic carbocycles. The summed E-state index contributed by atoms with van der Waals surface area (Å²) in [5, 5.41) is 0.230. The first-order valence-corrected chi connectivity index (χ1v) is 6.81. The number of rotatable bonds is 3. The van der Waals surface area contributed by atoms with Crippen LogP contribution < -0.4 is 5.73 Å². The van der Waals surface area contributed by atoms with Crippen LogP contribution in [0.1, 0.15) is 15.9 Å². The summed E-state index contributed by atoms with van der Waals surface area (Å²) in [6, 6.07) is 8.89. The zero-order valence-electron chi connectivity index (χ0n) is 10.2. The van der Waals surface area contributed by atoms with Gasteiger partial charge in [-0.3, -0.25) is 0 Å². The van der Waals surface area contributed by atoms with E-state index >= 15 is 0 Å². The van der Waals surface area contributed by atoms with E-state index in [9.17, 15) is 9.18 Å². The van der Waals surface area contributed by atoms with Crippen LogP contribution in [0.4, 0.5) is 10.1 Å². The highest BCUT2D eigenvalue weighted by Gasteiger charge is 2.16. The van der Waals surface area contributed by atoms with Crippen LogP contribution in [-0.4, -0.2) is 5.97 Å². The number of halogens is 3.